The molecule has 1 rings (SSSR count). The standard InChI is InChI=1S/C14H23ClN2O2/c1-9-7-13(19-4)10(8-11(9)15)14(18)12(16)5-6-17(2)3/h7-8,12,14,18H,5-6,16H2,1-4H3. The Balaban J connectivity index is 2.91. The smallest absolute Gasteiger partial charge is 0.125 e. The molecule has 0 aromatic heterocycles. The van der Waals surface area contributed by atoms with Gasteiger partial charge in [-0.2, -0.15) is 0 Å². The zero-order valence-electron chi connectivity index (χ0n) is 12.0. The van der Waals surface area contributed by atoms with E-state index in [4.69, 9.17) is 22.1 Å². The maximum atomic E-state index is 10.3. The lowest BCUT2D eigenvalue weighted by Gasteiger charge is -2.23. The third kappa shape index (κ3) is 4.35. The number of benzene rings is 1. The number of nitrogens with zero attached hydrogens (tertiary/aromatic N) is 1. The van der Waals surface area contributed by atoms with Crippen LogP contribution < -0.4 is 10.5 Å². The molecule has 2 unspecified atom stereocenters. The Kier molecular flexibility index (Phi) is 6.07. The van der Waals surface area contributed by atoms with Gasteiger partial charge in [-0.05, 0) is 51.7 Å². The van der Waals surface area contributed by atoms with Crippen LogP contribution >= 0.6 is 11.6 Å². The van der Waals surface area contributed by atoms with Crippen LogP contribution in [0.2, 0.25) is 5.02 Å². The SMILES string of the molecule is COc1cc(C)c(Cl)cc1C(O)C(N)CCN(C)C. The molecule has 0 aliphatic heterocycles. The number of hydrogen-bond acceptors (Lipinski definition) is 4. The van der Waals surface area contributed by atoms with Gasteiger partial charge in [0, 0.05) is 16.6 Å². The number of aliphatic hydroxyl groups excluding tert-OH is 1. The Morgan fingerprint density at radius 2 is 2.05 bits per heavy atom. The average Bonchev–Trinajstić information content (AvgIpc) is 2.37. The quantitative estimate of drug-likeness (QED) is 0.839. The molecule has 5 heteroatoms. The number of nitrogens with two attached hydrogens (primary N) is 1. The van der Waals surface area contributed by atoms with Crippen LogP contribution in [0.3, 0.4) is 0 Å². The summed E-state index contributed by atoms with van der Waals surface area (Å²) in [7, 11) is 5.52. The molecule has 0 heterocycles. The summed E-state index contributed by atoms with van der Waals surface area (Å²) in [6, 6.07) is 3.20. The molecule has 0 amide bonds. The summed E-state index contributed by atoms with van der Waals surface area (Å²) < 4.78 is 5.29. The van der Waals surface area contributed by atoms with E-state index in [2.05, 4.69) is 0 Å². The van der Waals surface area contributed by atoms with Gasteiger partial charge in [0.25, 0.3) is 0 Å². The fourth-order valence-corrected chi connectivity index (χ4v) is 2.05. The molecule has 0 saturated carbocycles. The van der Waals surface area contributed by atoms with E-state index in [0.717, 1.165) is 12.1 Å². The number of rotatable bonds is 6. The predicted molar refractivity (Wildman–Crippen MR) is 78.8 cm³/mol. The minimum atomic E-state index is -0.784. The van der Waals surface area contributed by atoms with E-state index >= 15 is 0 Å². The topological polar surface area (TPSA) is 58.7 Å². The summed E-state index contributed by atoms with van der Waals surface area (Å²) in [6.07, 6.45) is -0.0870. The van der Waals surface area contributed by atoms with Crippen LogP contribution in [-0.2, 0) is 0 Å². The Morgan fingerprint density at radius 1 is 1.42 bits per heavy atom. The number of halogens is 1. The first kappa shape index (κ1) is 16.2. The van der Waals surface area contributed by atoms with Crippen LogP contribution in [0.1, 0.15) is 23.7 Å². The van der Waals surface area contributed by atoms with Crippen LogP contribution in [0, 0.1) is 6.92 Å². The van der Waals surface area contributed by atoms with Crippen molar-refractivity contribution in [1.82, 2.24) is 4.90 Å². The highest BCUT2D eigenvalue weighted by Crippen LogP contribution is 2.32. The lowest BCUT2D eigenvalue weighted by Crippen LogP contribution is -2.32. The van der Waals surface area contributed by atoms with Crippen LogP contribution in [0.25, 0.3) is 0 Å². The van der Waals surface area contributed by atoms with Gasteiger partial charge in [0.2, 0.25) is 0 Å². The molecule has 0 bridgehead atoms. The van der Waals surface area contributed by atoms with E-state index in [0.29, 0.717) is 22.8 Å². The highest BCUT2D eigenvalue weighted by atomic mass is 35.5. The zero-order chi connectivity index (χ0) is 14.6. The fourth-order valence-electron chi connectivity index (χ4n) is 1.87. The molecule has 2 atom stereocenters. The minimum Gasteiger partial charge on any atom is -0.496 e. The second-order valence-electron chi connectivity index (χ2n) is 5.04. The largest absolute Gasteiger partial charge is 0.496 e. The van der Waals surface area contributed by atoms with E-state index in [9.17, 15) is 5.11 Å². The van der Waals surface area contributed by atoms with Gasteiger partial charge < -0.3 is 20.5 Å². The first-order valence-electron chi connectivity index (χ1n) is 6.29. The minimum absolute atomic E-state index is 0.352. The Morgan fingerprint density at radius 3 is 2.58 bits per heavy atom. The number of ether oxygens (including phenoxy) is 1. The predicted octanol–water partition coefficient (Wildman–Crippen LogP) is 1.97. The Labute approximate surface area is 120 Å². The van der Waals surface area contributed by atoms with E-state index in [1.165, 1.54) is 0 Å². The monoisotopic (exact) mass is 286 g/mol. The summed E-state index contributed by atoms with van der Waals surface area (Å²) in [6.45, 7) is 2.72. The molecule has 0 aliphatic carbocycles. The van der Waals surface area contributed by atoms with Crippen LogP contribution in [0.5, 0.6) is 5.75 Å². The second kappa shape index (κ2) is 7.10. The lowest BCUT2D eigenvalue weighted by atomic mass is 9.98. The van der Waals surface area contributed by atoms with Crippen molar-refractivity contribution >= 4 is 11.6 Å². The fraction of sp³-hybridized carbons (Fsp3) is 0.571. The molecule has 3 N–H and O–H groups in total. The molecule has 19 heavy (non-hydrogen) atoms. The van der Waals surface area contributed by atoms with Crippen molar-refractivity contribution in [2.75, 3.05) is 27.7 Å². The maximum Gasteiger partial charge on any atom is 0.125 e. The zero-order valence-corrected chi connectivity index (χ0v) is 12.7. The summed E-state index contributed by atoms with van der Waals surface area (Å²) in [5.41, 5.74) is 7.59. The molecule has 1 aromatic carbocycles. The number of hydrogen-bond donors (Lipinski definition) is 2. The highest BCUT2D eigenvalue weighted by Gasteiger charge is 2.21. The molecule has 0 fully saturated rings. The van der Waals surface area contributed by atoms with Crippen molar-refractivity contribution in [2.24, 2.45) is 5.73 Å². The van der Waals surface area contributed by atoms with Gasteiger partial charge in [-0.15, -0.1) is 0 Å². The summed E-state index contributed by atoms with van der Waals surface area (Å²) in [5.74, 6) is 0.620. The van der Waals surface area contributed by atoms with Crippen molar-refractivity contribution in [3.8, 4) is 5.75 Å². The first-order chi connectivity index (χ1) is 8.86. The normalized spacial score (nSPS) is 14.5. The van der Waals surface area contributed by atoms with E-state index in [-0.39, 0.29) is 6.04 Å². The van der Waals surface area contributed by atoms with Gasteiger partial charge in [-0.1, -0.05) is 11.6 Å². The molecular weight excluding hydrogens is 264 g/mol. The van der Waals surface area contributed by atoms with Crippen LogP contribution in [-0.4, -0.2) is 43.8 Å². The summed E-state index contributed by atoms with van der Waals surface area (Å²) in [4.78, 5) is 2.03. The average molecular weight is 287 g/mol. The van der Waals surface area contributed by atoms with Gasteiger partial charge in [0.05, 0.1) is 13.2 Å². The van der Waals surface area contributed by atoms with E-state index < -0.39 is 6.10 Å². The second-order valence-corrected chi connectivity index (χ2v) is 5.45. The number of methoxy groups -OCH3 is 1. The van der Waals surface area contributed by atoms with Gasteiger partial charge in [0.1, 0.15) is 5.75 Å². The molecule has 108 valence electrons. The molecule has 0 saturated heterocycles. The molecule has 0 spiro atoms. The van der Waals surface area contributed by atoms with Crippen molar-refractivity contribution < 1.29 is 9.84 Å². The third-order valence-electron chi connectivity index (χ3n) is 3.14. The highest BCUT2D eigenvalue weighted by molar-refractivity contribution is 6.31. The van der Waals surface area contributed by atoms with Crippen molar-refractivity contribution in [1.29, 1.82) is 0 Å². The van der Waals surface area contributed by atoms with Crippen molar-refractivity contribution in [3.05, 3.63) is 28.3 Å². The van der Waals surface area contributed by atoms with Gasteiger partial charge >= 0.3 is 0 Å². The van der Waals surface area contributed by atoms with E-state index in [1.54, 1.807) is 13.2 Å². The van der Waals surface area contributed by atoms with Crippen LogP contribution in [0.4, 0.5) is 0 Å². The molecule has 4 nitrogen and oxygen atoms in total. The summed E-state index contributed by atoms with van der Waals surface area (Å²) >= 11 is 6.10. The molecule has 0 radical (unpaired) electrons. The third-order valence-corrected chi connectivity index (χ3v) is 3.55. The number of aryl methyl sites for hydroxylation is 1. The lowest BCUT2D eigenvalue weighted by molar-refractivity contribution is 0.134. The van der Waals surface area contributed by atoms with Crippen LogP contribution in [0.15, 0.2) is 12.1 Å². The Hall–Kier alpha value is -0.810. The maximum absolute atomic E-state index is 10.3. The molecular formula is C14H23ClN2O2. The number of aliphatic hydroxyl groups is 1. The van der Waals surface area contributed by atoms with Gasteiger partial charge in [-0.3, -0.25) is 0 Å². The first-order valence-corrected chi connectivity index (χ1v) is 6.67. The molecule has 1 aromatic rings. The van der Waals surface area contributed by atoms with Gasteiger partial charge in [-0.25, -0.2) is 0 Å². The Bertz CT molecular complexity index is 424. The summed E-state index contributed by atoms with van der Waals surface area (Å²) in [5, 5.41) is 11.0. The van der Waals surface area contributed by atoms with Crippen molar-refractivity contribution in [3.63, 3.8) is 0 Å². The molecule has 0 aliphatic rings. The van der Waals surface area contributed by atoms with E-state index in [1.807, 2.05) is 32.0 Å². The van der Waals surface area contributed by atoms with Gasteiger partial charge in [0.15, 0.2) is 0 Å². The van der Waals surface area contributed by atoms with Crippen molar-refractivity contribution in [2.45, 2.75) is 25.5 Å².